The number of aliphatic carboxylic acids is 1. The number of hydrogen-bond donors (Lipinski definition) is 1. The Hall–Kier alpha value is -3.41. The van der Waals surface area contributed by atoms with Gasteiger partial charge in [0.15, 0.2) is 0 Å². The van der Waals surface area contributed by atoms with Gasteiger partial charge in [-0.25, -0.2) is 9.37 Å². The third kappa shape index (κ3) is 5.26. The van der Waals surface area contributed by atoms with Crippen molar-refractivity contribution in [3.8, 4) is 22.8 Å². The van der Waals surface area contributed by atoms with E-state index in [0.29, 0.717) is 24.0 Å². The number of aromatic nitrogens is 1. The highest BCUT2D eigenvalue weighted by Gasteiger charge is 2.39. The molecule has 0 bridgehead atoms. The summed E-state index contributed by atoms with van der Waals surface area (Å²) >= 11 is 0. The molecule has 6 heteroatoms. The Kier molecular flexibility index (Phi) is 7.41. The maximum atomic E-state index is 15.0. The van der Waals surface area contributed by atoms with E-state index in [1.54, 1.807) is 6.07 Å². The maximum absolute atomic E-state index is 15.0. The fourth-order valence-corrected chi connectivity index (χ4v) is 6.87. The molecule has 1 fully saturated rings. The average Bonchev–Trinajstić information content (AvgIpc) is 3.46. The number of carboxylic acids is 1. The average molecular weight is 532 g/mol. The van der Waals surface area contributed by atoms with Crippen LogP contribution in [0.25, 0.3) is 11.1 Å². The zero-order chi connectivity index (χ0) is 27.8. The molecule has 2 atom stereocenters. The summed E-state index contributed by atoms with van der Waals surface area (Å²) < 4.78 is 26.6. The summed E-state index contributed by atoms with van der Waals surface area (Å²) in [6, 6.07) is 14.0. The van der Waals surface area contributed by atoms with Gasteiger partial charge in [0.1, 0.15) is 18.2 Å². The Labute approximate surface area is 230 Å². The molecule has 0 radical (unpaired) electrons. The predicted octanol–water partition coefficient (Wildman–Crippen LogP) is 7.84. The molecule has 0 aliphatic heterocycles. The van der Waals surface area contributed by atoms with Crippen LogP contribution in [-0.4, -0.2) is 23.2 Å². The Morgan fingerprint density at radius 2 is 1.95 bits per heavy atom. The molecule has 1 N–H and O–H groups in total. The second-order valence-corrected chi connectivity index (χ2v) is 11.9. The van der Waals surface area contributed by atoms with Crippen molar-refractivity contribution >= 4 is 5.97 Å². The van der Waals surface area contributed by atoms with E-state index in [0.717, 1.165) is 66.5 Å². The van der Waals surface area contributed by atoms with Gasteiger partial charge in [0.05, 0.1) is 19.7 Å². The minimum atomic E-state index is -0.762. The van der Waals surface area contributed by atoms with Crippen molar-refractivity contribution in [2.45, 2.75) is 83.7 Å². The third-order valence-corrected chi connectivity index (χ3v) is 9.18. The van der Waals surface area contributed by atoms with Crippen LogP contribution in [-0.2, 0) is 23.2 Å². The first-order chi connectivity index (χ1) is 18.7. The standard InChI is InChI=1S/C33H38FNO4/c1-5-33(18-31(36)37)14-12-22-9-10-23(16-28(22)33)39-20-21-8-11-24(26-17-30(38-4)35-19-29(26)34)25(15-21)27-7-6-13-32(27,2)3/h8-11,15-17,19,27H,5-7,12-14,18,20H2,1-4H3,(H,36,37). The molecule has 2 aliphatic carbocycles. The Morgan fingerprint density at radius 3 is 2.64 bits per heavy atom. The van der Waals surface area contributed by atoms with E-state index in [1.807, 2.05) is 24.3 Å². The Bertz CT molecular complexity index is 1380. The molecule has 0 spiro atoms. The number of hydrogen-bond acceptors (Lipinski definition) is 4. The molecule has 3 aromatic rings. The van der Waals surface area contributed by atoms with E-state index >= 15 is 4.39 Å². The number of nitrogens with zero attached hydrogens (tertiary/aromatic N) is 1. The van der Waals surface area contributed by atoms with Crippen LogP contribution in [0.5, 0.6) is 11.6 Å². The fourth-order valence-electron chi connectivity index (χ4n) is 6.87. The Balaban J connectivity index is 1.46. The maximum Gasteiger partial charge on any atom is 0.304 e. The van der Waals surface area contributed by atoms with Gasteiger partial charge in [-0.15, -0.1) is 0 Å². The van der Waals surface area contributed by atoms with Crippen molar-refractivity contribution in [1.29, 1.82) is 0 Å². The van der Waals surface area contributed by atoms with E-state index < -0.39 is 5.97 Å². The molecule has 2 aliphatic rings. The Morgan fingerprint density at radius 1 is 1.13 bits per heavy atom. The zero-order valence-corrected chi connectivity index (χ0v) is 23.4. The quantitative estimate of drug-likeness (QED) is 0.305. The van der Waals surface area contributed by atoms with Gasteiger partial charge in [-0.3, -0.25) is 4.79 Å². The van der Waals surface area contributed by atoms with E-state index in [9.17, 15) is 9.90 Å². The molecule has 1 saturated carbocycles. The van der Waals surface area contributed by atoms with E-state index in [-0.39, 0.29) is 23.1 Å². The lowest BCUT2D eigenvalue weighted by Gasteiger charge is -2.30. The van der Waals surface area contributed by atoms with E-state index in [4.69, 9.17) is 9.47 Å². The van der Waals surface area contributed by atoms with Crippen LogP contribution in [0.3, 0.4) is 0 Å². The van der Waals surface area contributed by atoms with E-state index in [1.165, 1.54) is 18.9 Å². The van der Waals surface area contributed by atoms with Crippen LogP contribution in [0.1, 0.15) is 87.5 Å². The van der Waals surface area contributed by atoms with Gasteiger partial charge in [0, 0.05) is 17.0 Å². The van der Waals surface area contributed by atoms with Crippen LogP contribution in [0.15, 0.2) is 48.7 Å². The summed E-state index contributed by atoms with van der Waals surface area (Å²) in [4.78, 5) is 15.7. The highest BCUT2D eigenvalue weighted by Crippen LogP contribution is 2.51. The van der Waals surface area contributed by atoms with Gasteiger partial charge < -0.3 is 14.6 Å². The molecule has 2 aromatic carbocycles. The molecule has 206 valence electrons. The normalized spacial score (nSPS) is 21.5. The largest absolute Gasteiger partial charge is 0.489 e. The molecule has 0 amide bonds. The van der Waals surface area contributed by atoms with Crippen molar-refractivity contribution < 1.29 is 23.8 Å². The van der Waals surface area contributed by atoms with Gasteiger partial charge in [0.2, 0.25) is 5.88 Å². The monoisotopic (exact) mass is 531 g/mol. The van der Waals surface area contributed by atoms with Gasteiger partial charge in [-0.05, 0) is 83.4 Å². The number of halogens is 1. The smallest absolute Gasteiger partial charge is 0.304 e. The lowest BCUT2D eigenvalue weighted by atomic mass is 9.75. The summed E-state index contributed by atoms with van der Waals surface area (Å²) in [5.41, 5.74) is 5.62. The molecular formula is C33H38FNO4. The summed E-state index contributed by atoms with van der Waals surface area (Å²) in [5, 5.41) is 9.56. The van der Waals surface area contributed by atoms with Crippen LogP contribution >= 0.6 is 0 Å². The second kappa shape index (κ2) is 10.6. The number of ether oxygens (including phenoxy) is 2. The molecule has 1 heterocycles. The third-order valence-electron chi connectivity index (χ3n) is 9.18. The van der Waals surface area contributed by atoms with Gasteiger partial charge in [0.25, 0.3) is 0 Å². The molecule has 2 unspecified atom stereocenters. The first-order valence-electron chi connectivity index (χ1n) is 14.0. The first kappa shape index (κ1) is 27.2. The highest BCUT2D eigenvalue weighted by molar-refractivity contribution is 5.71. The molecule has 5 rings (SSSR count). The number of rotatable bonds is 9. The predicted molar refractivity (Wildman–Crippen MR) is 150 cm³/mol. The fraction of sp³-hybridized carbons (Fsp3) is 0.455. The van der Waals surface area contributed by atoms with Crippen LogP contribution in [0, 0.1) is 11.2 Å². The van der Waals surface area contributed by atoms with Crippen LogP contribution in [0.2, 0.25) is 0 Å². The van der Waals surface area contributed by atoms with E-state index in [2.05, 4.69) is 37.9 Å². The van der Waals surface area contributed by atoms with Crippen LogP contribution in [0.4, 0.5) is 4.39 Å². The minimum absolute atomic E-state index is 0.107. The summed E-state index contributed by atoms with van der Waals surface area (Å²) in [7, 11) is 1.54. The number of aryl methyl sites for hydroxylation is 1. The minimum Gasteiger partial charge on any atom is -0.489 e. The lowest BCUT2D eigenvalue weighted by Crippen LogP contribution is -2.25. The van der Waals surface area contributed by atoms with Crippen molar-refractivity contribution in [2.75, 3.05) is 7.11 Å². The first-order valence-corrected chi connectivity index (χ1v) is 14.0. The van der Waals surface area contributed by atoms with Crippen molar-refractivity contribution in [1.82, 2.24) is 4.98 Å². The van der Waals surface area contributed by atoms with Gasteiger partial charge >= 0.3 is 5.97 Å². The molecule has 39 heavy (non-hydrogen) atoms. The molecular weight excluding hydrogens is 493 g/mol. The summed E-state index contributed by atoms with van der Waals surface area (Å²) in [6.07, 6.45) is 7.23. The zero-order valence-electron chi connectivity index (χ0n) is 23.4. The second-order valence-electron chi connectivity index (χ2n) is 11.9. The van der Waals surface area contributed by atoms with Crippen LogP contribution < -0.4 is 9.47 Å². The van der Waals surface area contributed by atoms with Crippen molar-refractivity contribution in [3.05, 3.63) is 76.7 Å². The van der Waals surface area contributed by atoms with Crippen molar-refractivity contribution in [2.24, 2.45) is 5.41 Å². The van der Waals surface area contributed by atoms with Gasteiger partial charge in [-0.2, -0.15) is 0 Å². The number of fused-ring (bicyclic) bond motifs is 1. The summed E-state index contributed by atoms with van der Waals surface area (Å²) in [6.45, 7) is 7.03. The summed E-state index contributed by atoms with van der Waals surface area (Å²) in [5.74, 6) is 0.304. The number of carboxylic acid groups (broad SMARTS) is 1. The highest BCUT2D eigenvalue weighted by atomic mass is 19.1. The lowest BCUT2D eigenvalue weighted by molar-refractivity contribution is -0.138. The number of pyridine rings is 1. The van der Waals surface area contributed by atoms with Crippen molar-refractivity contribution in [3.63, 3.8) is 0 Å². The SMILES string of the molecule is CCC1(CC(=O)O)CCc2ccc(OCc3ccc(-c4cc(OC)ncc4F)c(C4CCCC4(C)C)c3)cc21. The number of benzene rings is 2. The number of methoxy groups -OCH3 is 1. The molecule has 5 nitrogen and oxygen atoms in total. The van der Waals surface area contributed by atoms with Gasteiger partial charge in [-0.1, -0.05) is 51.5 Å². The molecule has 0 saturated heterocycles. The number of carbonyl (C=O) groups is 1. The molecule has 1 aromatic heterocycles. The topological polar surface area (TPSA) is 68.7 Å².